The Hall–Kier alpha value is -2.24. The summed E-state index contributed by atoms with van der Waals surface area (Å²) in [5.41, 5.74) is 0.303. The van der Waals surface area contributed by atoms with Gasteiger partial charge >= 0.3 is 0 Å². The van der Waals surface area contributed by atoms with Crippen molar-refractivity contribution in [2.75, 3.05) is 13.1 Å². The monoisotopic (exact) mass is 314 g/mol. The normalized spacial score (nSPS) is 22.8. The summed E-state index contributed by atoms with van der Waals surface area (Å²) in [5, 5.41) is 4.20. The van der Waals surface area contributed by atoms with Crippen molar-refractivity contribution < 1.29 is 9.18 Å². The van der Waals surface area contributed by atoms with Gasteiger partial charge in [0, 0.05) is 13.1 Å². The van der Waals surface area contributed by atoms with Gasteiger partial charge in [0.25, 0.3) is 0 Å². The molecule has 2 aromatic rings. The molecule has 4 rings (SSSR count). The van der Waals surface area contributed by atoms with Gasteiger partial charge in [-0.25, -0.2) is 14.1 Å². The summed E-state index contributed by atoms with van der Waals surface area (Å²) >= 11 is 0. The number of likely N-dealkylation sites (tertiary alicyclic amines) is 1. The van der Waals surface area contributed by atoms with Crippen LogP contribution >= 0.6 is 0 Å². The second kappa shape index (κ2) is 5.44. The number of carbonyl (C=O) groups is 1. The number of piperidine rings is 1. The van der Waals surface area contributed by atoms with Crippen molar-refractivity contribution >= 4 is 5.91 Å². The third-order valence-electron chi connectivity index (χ3n) is 5.03. The van der Waals surface area contributed by atoms with Gasteiger partial charge in [-0.2, -0.15) is 5.10 Å². The fourth-order valence-electron chi connectivity index (χ4n) is 3.60. The fourth-order valence-corrected chi connectivity index (χ4v) is 3.60. The molecule has 2 fully saturated rings. The first-order valence-electron chi connectivity index (χ1n) is 8.09. The minimum atomic E-state index is -0.508. The van der Waals surface area contributed by atoms with E-state index in [1.807, 2.05) is 15.6 Å². The van der Waals surface area contributed by atoms with Crippen molar-refractivity contribution in [3.63, 3.8) is 0 Å². The molecule has 1 saturated carbocycles. The van der Waals surface area contributed by atoms with Gasteiger partial charge in [-0.05, 0) is 43.4 Å². The van der Waals surface area contributed by atoms with E-state index in [0.29, 0.717) is 6.54 Å². The summed E-state index contributed by atoms with van der Waals surface area (Å²) in [4.78, 5) is 19.0. The topological polar surface area (TPSA) is 51.0 Å². The maximum atomic E-state index is 13.5. The highest BCUT2D eigenvalue weighted by Crippen LogP contribution is 2.50. The lowest BCUT2D eigenvalue weighted by molar-refractivity contribution is -0.135. The van der Waals surface area contributed by atoms with E-state index in [4.69, 9.17) is 0 Å². The maximum Gasteiger partial charge on any atom is 0.233 e. The van der Waals surface area contributed by atoms with E-state index in [2.05, 4.69) is 10.1 Å². The molecule has 2 aliphatic rings. The van der Waals surface area contributed by atoms with Gasteiger partial charge in [0.2, 0.25) is 5.91 Å². The number of amides is 1. The SMILES string of the molecule is O=C(N1CCC[C@H](n2cncn2)C1)C1(c2cccc(F)c2)CC1. The van der Waals surface area contributed by atoms with Crippen molar-refractivity contribution in [1.82, 2.24) is 19.7 Å². The molecule has 23 heavy (non-hydrogen) atoms. The molecule has 6 heteroatoms. The Labute approximate surface area is 134 Å². The molecule has 0 N–H and O–H groups in total. The van der Waals surface area contributed by atoms with E-state index >= 15 is 0 Å². The first-order valence-corrected chi connectivity index (χ1v) is 8.09. The highest BCUT2D eigenvalue weighted by Gasteiger charge is 2.53. The minimum absolute atomic E-state index is 0.132. The molecule has 1 aliphatic carbocycles. The van der Waals surface area contributed by atoms with E-state index in [1.165, 1.54) is 18.5 Å². The molecule has 1 aliphatic heterocycles. The Morgan fingerprint density at radius 1 is 1.35 bits per heavy atom. The van der Waals surface area contributed by atoms with Crippen LogP contribution in [0.5, 0.6) is 0 Å². The number of benzene rings is 1. The molecule has 0 spiro atoms. The van der Waals surface area contributed by atoms with E-state index in [1.54, 1.807) is 12.4 Å². The molecule has 2 heterocycles. The second-order valence-corrected chi connectivity index (χ2v) is 6.52. The first-order chi connectivity index (χ1) is 11.2. The Balaban J connectivity index is 1.54. The molecule has 0 radical (unpaired) electrons. The third kappa shape index (κ3) is 2.52. The lowest BCUT2D eigenvalue weighted by Gasteiger charge is -2.35. The highest BCUT2D eigenvalue weighted by molar-refractivity contribution is 5.91. The maximum absolute atomic E-state index is 13.5. The van der Waals surface area contributed by atoms with Crippen LogP contribution in [0.3, 0.4) is 0 Å². The van der Waals surface area contributed by atoms with Crippen LogP contribution < -0.4 is 0 Å². The van der Waals surface area contributed by atoms with Gasteiger partial charge in [0.1, 0.15) is 18.5 Å². The van der Waals surface area contributed by atoms with Crippen LogP contribution in [0.25, 0.3) is 0 Å². The molecule has 1 aromatic carbocycles. The van der Waals surface area contributed by atoms with E-state index < -0.39 is 5.41 Å². The molecular weight excluding hydrogens is 295 g/mol. The van der Waals surface area contributed by atoms with Gasteiger partial charge in [-0.3, -0.25) is 4.79 Å². The van der Waals surface area contributed by atoms with Gasteiger partial charge in [0.05, 0.1) is 11.5 Å². The summed E-state index contributed by atoms with van der Waals surface area (Å²) in [7, 11) is 0. The summed E-state index contributed by atoms with van der Waals surface area (Å²) in [5.74, 6) is -0.145. The first kappa shape index (κ1) is 14.4. The molecule has 120 valence electrons. The quantitative estimate of drug-likeness (QED) is 0.873. The number of aromatic nitrogens is 3. The highest BCUT2D eigenvalue weighted by atomic mass is 19.1. The lowest BCUT2D eigenvalue weighted by atomic mass is 9.92. The number of nitrogens with zero attached hydrogens (tertiary/aromatic N) is 4. The lowest BCUT2D eigenvalue weighted by Crippen LogP contribution is -2.45. The molecule has 1 aromatic heterocycles. The summed E-state index contributed by atoms with van der Waals surface area (Å²) in [6.45, 7) is 1.42. The largest absolute Gasteiger partial charge is 0.340 e. The molecule has 5 nitrogen and oxygen atoms in total. The Morgan fingerprint density at radius 2 is 2.22 bits per heavy atom. The van der Waals surface area contributed by atoms with Crippen molar-refractivity contribution in [3.8, 4) is 0 Å². The van der Waals surface area contributed by atoms with Gasteiger partial charge in [0.15, 0.2) is 0 Å². The third-order valence-corrected chi connectivity index (χ3v) is 5.03. The average Bonchev–Trinajstić information content (AvgIpc) is 3.21. The van der Waals surface area contributed by atoms with Gasteiger partial charge in [-0.1, -0.05) is 12.1 Å². The Kier molecular flexibility index (Phi) is 3.39. The fraction of sp³-hybridized carbons (Fsp3) is 0.471. The number of hydrogen-bond donors (Lipinski definition) is 0. The molecule has 1 amide bonds. The zero-order chi connectivity index (χ0) is 15.9. The predicted molar refractivity (Wildman–Crippen MR) is 82.2 cm³/mol. The minimum Gasteiger partial charge on any atom is -0.340 e. The smallest absolute Gasteiger partial charge is 0.233 e. The van der Waals surface area contributed by atoms with Crippen LogP contribution in [-0.2, 0) is 10.2 Å². The zero-order valence-electron chi connectivity index (χ0n) is 12.9. The summed E-state index contributed by atoms with van der Waals surface area (Å²) in [6, 6.07) is 6.66. The molecular formula is C17H19FN4O. The average molecular weight is 314 g/mol. The van der Waals surface area contributed by atoms with Crippen LogP contribution in [0.1, 0.15) is 37.3 Å². The number of rotatable bonds is 3. The van der Waals surface area contributed by atoms with E-state index in [9.17, 15) is 9.18 Å². The van der Waals surface area contributed by atoms with Gasteiger partial charge < -0.3 is 4.90 Å². The second-order valence-electron chi connectivity index (χ2n) is 6.52. The Morgan fingerprint density at radius 3 is 2.91 bits per heavy atom. The number of halogens is 1. The number of carbonyl (C=O) groups excluding carboxylic acids is 1. The number of hydrogen-bond acceptors (Lipinski definition) is 3. The van der Waals surface area contributed by atoms with Crippen molar-refractivity contribution in [1.29, 1.82) is 0 Å². The zero-order valence-corrected chi connectivity index (χ0v) is 12.9. The Bertz CT molecular complexity index is 711. The van der Waals surface area contributed by atoms with E-state index in [-0.39, 0.29) is 17.8 Å². The van der Waals surface area contributed by atoms with E-state index in [0.717, 1.165) is 37.8 Å². The van der Waals surface area contributed by atoms with Gasteiger partial charge in [-0.15, -0.1) is 0 Å². The summed E-state index contributed by atoms with van der Waals surface area (Å²) in [6.07, 6.45) is 6.79. The van der Waals surface area contributed by atoms with Crippen LogP contribution in [0, 0.1) is 5.82 Å². The van der Waals surface area contributed by atoms with Crippen LogP contribution in [0.2, 0.25) is 0 Å². The standard InChI is InChI=1S/C17H19FN4O/c18-14-4-1-3-13(9-14)17(6-7-17)16(23)21-8-2-5-15(10-21)22-12-19-11-20-22/h1,3-4,9,11-12,15H,2,5-8,10H2/t15-/m0/s1. The van der Waals surface area contributed by atoms with Crippen LogP contribution in [0.15, 0.2) is 36.9 Å². The van der Waals surface area contributed by atoms with Crippen LogP contribution in [-0.4, -0.2) is 38.7 Å². The van der Waals surface area contributed by atoms with Crippen molar-refractivity contribution in [2.45, 2.75) is 37.1 Å². The molecule has 1 atom stereocenters. The van der Waals surface area contributed by atoms with Crippen LogP contribution in [0.4, 0.5) is 4.39 Å². The molecule has 1 saturated heterocycles. The van der Waals surface area contributed by atoms with Crippen molar-refractivity contribution in [2.24, 2.45) is 0 Å². The predicted octanol–water partition coefficient (Wildman–Crippen LogP) is 2.31. The summed E-state index contributed by atoms with van der Waals surface area (Å²) < 4.78 is 15.4. The molecule has 0 unspecified atom stereocenters. The molecule has 0 bridgehead atoms. The van der Waals surface area contributed by atoms with Crippen molar-refractivity contribution in [3.05, 3.63) is 48.3 Å².